The summed E-state index contributed by atoms with van der Waals surface area (Å²) in [7, 11) is 0. The second-order valence-corrected chi connectivity index (χ2v) is 7.41. The Labute approximate surface area is 148 Å². The van der Waals surface area contributed by atoms with Gasteiger partial charge in [0.05, 0.1) is 17.1 Å². The molecule has 0 spiro atoms. The summed E-state index contributed by atoms with van der Waals surface area (Å²) in [5.74, 6) is -0.133. The summed E-state index contributed by atoms with van der Waals surface area (Å²) >= 11 is 2.89. The minimum atomic E-state index is -0.128. The fraction of sp³-hybridized carbons (Fsp3) is 0.312. The van der Waals surface area contributed by atoms with E-state index in [9.17, 15) is 9.59 Å². The third kappa shape index (κ3) is 4.08. The number of nitrogens with zero attached hydrogens (tertiary/aromatic N) is 2. The van der Waals surface area contributed by atoms with Crippen LogP contribution in [0, 0.1) is 0 Å². The molecule has 1 aliphatic heterocycles. The van der Waals surface area contributed by atoms with E-state index in [1.54, 1.807) is 12.1 Å². The molecule has 0 unspecified atom stereocenters. The van der Waals surface area contributed by atoms with Crippen LogP contribution in [0.4, 0.5) is 5.13 Å². The predicted molar refractivity (Wildman–Crippen MR) is 96.6 cm³/mol. The molecule has 0 saturated heterocycles. The van der Waals surface area contributed by atoms with Crippen molar-refractivity contribution in [3.8, 4) is 0 Å². The fourth-order valence-corrected chi connectivity index (χ4v) is 4.11. The summed E-state index contributed by atoms with van der Waals surface area (Å²) in [6.07, 6.45) is 2.45. The summed E-state index contributed by atoms with van der Waals surface area (Å²) in [5.41, 5.74) is 1.02. The van der Waals surface area contributed by atoms with Crippen molar-refractivity contribution in [3.63, 3.8) is 0 Å². The molecule has 2 N–H and O–H groups in total. The van der Waals surface area contributed by atoms with E-state index in [-0.39, 0.29) is 11.8 Å². The molecule has 1 aliphatic rings. The highest BCUT2D eigenvalue weighted by Gasteiger charge is 2.23. The first kappa shape index (κ1) is 16.8. The fourth-order valence-electron chi connectivity index (χ4n) is 2.45. The number of nitrogens with one attached hydrogen (secondary N) is 2. The van der Waals surface area contributed by atoms with Crippen LogP contribution >= 0.6 is 22.7 Å². The van der Waals surface area contributed by atoms with Crippen LogP contribution in [0.5, 0.6) is 0 Å². The number of amides is 2. The van der Waals surface area contributed by atoms with Crippen LogP contribution in [0.3, 0.4) is 0 Å². The van der Waals surface area contributed by atoms with Gasteiger partial charge >= 0.3 is 0 Å². The third-order valence-electron chi connectivity index (χ3n) is 3.59. The van der Waals surface area contributed by atoms with Gasteiger partial charge in [0.15, 0.2) is 5.13 Å². The van der Waals surface area contributed by atoms with E-state index in [2.05, 4.69) is 27.1 Å². The van der Waals surface area contributed by atoms with Gasteiger partial charge in [-0.2, -0.15) is 0 Å². The second kappa shape index (κ2) is 7.69. The molecule has 126 valence electrons. The second-order valence-electron chi connectivity index (χ2n) is 5.37. The zero-order valence-electron chi connectivity index (χ0n) is 13.1. The molecule has 0 bridgehead atoms. The maximum absolute atomic E-state index is 12.1. The molecule has 24 heavy (non-hydrogen) atoms. The Morgan fingerprint density at radius 1 is 1.46 bits per heavy atom. The van der Waals surface area contributed by atoms with E-state index < -0.39 is 0 Å². The first-order valence-electron chi connectivity index (χ1n) is 7.59. The van der Waals surface area contributed by atoms with Gasteiger partial charge in [0.25, 0.3) is 5.91 Å². The van der Waals surface area contributed by atoms with Crippen LogP contribution in [0.25, 0.3) is 0 Å². The van der Waals surface area contributed by atoms with Crippen molar-refractivity contribution in [1.29, 1.82) is 0 Å². The Bertz CT molecular complexity index is 739. The molecule has 0 radical (unpaired) electrons. The van der Waals surface area contributed by atoms with Crippen LogP contribution in [0.15, 0.2) is 30.2 Å². The number of thiazole rings is 1. The van der Waals surface area contributed by atoms with Crippen molar-refractivity contribution in [2.75, 3.05) is 25.0 Å². The van der Waals surface area contributed by atoms with Crippen molar-refractivity contribution < 1.29 is 9.59 Å². The van der Waals surface area contributed by atoms with Crippen LogP contribution in [-0.4, -0.2) is 41.3 Å². The highest BCUT2D eigenvalue weighted by Crippen LogP contribution is 2.28. The Hall–Kier alpha value is -2.03. The highest BCUT2D eigenvalue weighted by molar-refractivity contribution is 7.16. The Morgan fingerprint density at radius 2 is 2.33 bits per heavy atom. The number of hydrogen-bond donors (Lipinski definition) is 2. The minimum Gasteiger partial charge on any atom is -0.352 e. The van der Waals surface area contributed by atoms with Gasteiger partial charge in [-0.3, -0.25) is 19.8 Å². The number of fused-ring (bicyclic) bond motifs is 1. The molecule has 2 amide bonds. The normalized spacial score (nSPS) is 14.0. The molecule has 0 aliphatic carbocycles. The number of rotatable bonds is 6. The molecular weight excluding hydrogens is 344 g/mol. The molecule has 8 heteroatoms. The molecule has 2 aromatic rings. The number of anilines is 1. The van der Waals surface area contributed by atoms with Gasteiger partial charge in [-0.05, 0) is 11.4 Å². The van der Waals surface area contributed by atoms with Gasteiger partial charge in [0, 0.05) is 30.9 Å². The zero-order valence-corrected chi connectivity index (χ0v) is 14.7. The van der Waals surface area contributed by atoms with E-state index in [0.29, 0.717) is 29.6 Å². The molecule has 0 saturated carbocycles. The smallest absolute Gasteiger partial charge is 0.267 e. The van der Waals surface area contributed by atoms with Gasteiger partial charge < -0.3 is 5.32 Å². The quantitative estimate of drug-likeness (QED) is 0.772. The van der Waals surface area contributed by atoms with E-state index in [1.807, 2.05) is 11.4 Å². The summed E-state index contributed by atoms with van der Waals surface area (Å²) in [6.45, 7) is 5.90. The summed E-state index contributed by atoms with van der Waals surface area (Å²) in [6, 6.07) is 3.64. The van der Waals surface area contributed by atoms with Crippen LogP contribution < -0.4 is 10.6 Å². The Balaban J connectivity index is 1.59. The average Bonchev–Trinajstić information content (AvgIpc) is 3.21. The number of carbonyl (C=O) groups is 2. The first-order valence-corrected chi connectivity index (χ1v) is 9.28. The predicted octanol–water partition coefficient (Wildman–Crippen LogP) is 2.12. The van der Waals surface area contributed by atoms with Gasteiger partial charge in [0.1, 0.15) is 0 Å². The van der Waals surface area contributed by atoms with Crippen LogP contribution in [0.1, 0.15) is 20.2 Å². The Morgan fingerprint density at radius 3 is 3.08 bits per heavy atom. The number of aromatic nitrogens is 1. The van der Waals surface area contributed by atoms with Gasteiger partial charge in [-0.25, -0.2) is 4.98 Å². The van der Waals surface area contributed by atoms with Crippen LogP contribution in [0.2, 0.25) is 0 Å². The summed E-state index contributed by atoms with van der Waals surface area (Å²) in [5, 5.41) is 8.13. The standard InChI is InChI=1S/C16H18N4O2S2/c1-2-6-17-14(21)10-20-7-5-11-13(9-20)24-16(18-11)19-15(22)12-4-3-8-23-12/h2-4,8H,1,5-7,9-10H2,(H,17,21)(H,18,19,22). The largest absolute Gasteiger partial charge is 0.352 e. The summed E-state index contributed by atoms with van der Waals surface area (Å²) < 4.78 is 0. The highest BCUT2D eigenvalue weighted by atomic mass is 32.1. The zero-order chi connectivity index (χ0) is 16.9. The SMILES string of the molecule is C=CCNC(=O)CN1CCc2nc(NC(=O)c3cccs3)sc2C1. The summed E-state index contributed by atoms with van der Waals surface area (Å²) in [4.78, 5) is 32.3. The molecule has 3 rings (SSSR count). The van der Waals surface area contributed by atoms with Gasteiger partial charge in [-0.15, -0.1) is 29.3 Å². The number of carbonyl (C=O) groups excluding carboxylic acids is 2. The first-order chi connectivity index (χ1) is 11.7. The van der Waals surface area contributed by atoms with Crippen molar-refractivity contribution in [2.45, 2.75) is 13.0 Å². The lowest BCUT2D eigenvalue weighted by Crippen LogP contribution is -2.39. The van der Waals surface area contributed by atoms with E-state index >= 15 is 0 Å². The maximum Gasteiger partial charge on any atom is 0.267 e. The van der Waals surface area contributed by atoms with Crippen molar-refractivity contribution >= 4 is 39.6 Å². The lowest BCUT2D eigenvalue weighted by molar-refractivity contribution is -0.122. The third-order valence-corrected chi connectivity index (χ3v) is 5.45. The van der Waals surface area contributed by atoms with Crippen molar-refractivity contribution in [3.05, 3.63) is 45.6 Å². The van der Waals surface area contributed by atoms with Gasteiger partial charge in [-0.1, -0.05) is 12.1 Å². The van der Waals surface area contributed by atoms with Crippen molar-refractivity contribution in [2.24, 2.45) is 0 Å². The van der Waals surface area contributed by atoms with Crippen molar-refractivity contribution in [1.82, 2.24) is 15.2 Å². The molecule has 0 atom stereocenters. The van der Waals surface area contributed by atoms with E-state index in [1.165, 1.54) is 22.7 Å². The van der Waals surface area contributed by atoms with Crippen LogP contribution in [-0.2, 0) is 17.8 Å². The van der Waals surface area contributed by atoms with Gasteiger partial charge in [0.2, 0.25) is 5.91 Å². The molecule has 6 nitrogen and oxygen atoms in total. The monoisotopic (exact) mass is 362 g/mol. The molecule has 0 fully saturated rings. The number of thiophene rings is 1. The topological polar surface area (TPSA) is 74.3 Å². The van der Waals surface area contributed by atoms with E-state index in [0.717, 1.165) is 23.5 Å². The Kier molecular flexibility index (Phi) is 5.39. The lowest BCUT2D eigenvalue weighted by Gasteiger charge is -2.24. The lowest BCUT2D eigenvalue weighted by atomic mass is 10.2. The molecule has 3 heterocycles. The minimum absolute atomic E-state index is 0.00548. The molecule has 0 aromatic carbocycles. The molecular formula is C16H18N4O2S2. The number of hydrogen-bond acceptors (Lipinski definition) is 6. The van der Waals surface area contributed by atoms with E-state index in [4.69, 9.17) is 0 Å². The molecule has 2 aromatic heterocycles. The average molecular weight is 362 g/mol. The maximum atomic E-state index is 12.1.